The number of nitrogens with one attached hydrogen (secondary N) is 1. The van der Waals surface area contributed by atoms with Crippen LogP contribution < -0.4 is 15.0 Å². The van der Waals surface area contributed by atoms with Crippen molar-refractivity contribution in [3.8, 4) is 0 Å². The van der Waals surface area contributed by atoms with Gasteiger partial charge in [0.1, 0.15) is 0 Å². The quantitative estimate of drug-likeness (QED) is 0.295. The summed E-state index contributed by atoms with van der Waals surface area (Å²) < 4.78 is 1.70. The minimum Gasteiger partial charge on any atom is -0.867 e. The van der Waals surface area contributed by atoms with Gasteiger partial charge in [-0.2, -0.15) is 4.57 Å². The molecular weight excluding hydrogens is 399 g/mol. The molecular formula is C21H16Cl2N2OS. The Bertz CT molecular complexity index is 976. The molecule has 0 amide bonds. The lowest BCUT2D eigenvalue weighted by atomic mass is 10.1. The highest BCUT2D eigenvalue weighted by molar-refractivity contribution is 7.81. The van der Waals surface area contributed by atoms with E-state index in [0.717, 1.165) is 5.56 Å². The number of hydrogen-bond acceptors (Lipinski definition) is 2. The molecule has 0 radical (unpaired) electrons. The SMILES string of the molecule is [O-]/C(=C(\C(=S)NCc1ccccc1)[n+]1ccccc1)c1ccc(Cl)c(Cl)c1. The first-order valence-corrected chi connectivity index (χ1v) is 9.38. The van der Waals surface area contributed by atoms with Crippen LogP contribution in [0.5, 0.6) is 0 Å². The van der Waals surface area contributed by atoms with E-state index in [1.807, 2.05) is 48.5 Å². The standard InChI is InChI=1S/C21H16Cl2N2OS/c22-17-10-9-16(13-18(17)23)20(26)19(25-11-5-2-6-12-25)21(27)24-14-15-7-3-1-4-8-15/h1-13H,14H2,(H-,24,26,27). The van der Waals surface area contributed by atoms with Crippen LogP contribution in [-0.2, 0) is 6.54 Å². The van der Waals surface area contributed by atoms with Crippen LogP contribution >= 0.6 is 35.4 Å². The molecule has 0 bridgehead atoms. The molecule has 0 saturated heterocycles. The maximum absolute atomic E-state index is 13.2. The number of thiocarbonyl (C=S) groups is 1. The van der Waals surface area contributed by atoms with Crippen molar-refractivity contribution in [1.82, 2.24) is 5.32 Å². The molecule has 1 N–H and O–H groups in total. The van der Waals surface area contributed by atoms with E-state index in [4.69, 9.17) is 35.4 Å². The molecule has 0 aliphatic rings. The first-order valence-electron chi connectivity index (χ1n) is 8.22. The van der Waals surface area contributed by atoms with Gasteiger partial charge >= 0.3 is 0 Å². The van der Waals surface area contributed by atoms with Crippen LogP contribution in [-0.4, -0.2) is 4.99 Å². The highest BCUT2D eigenvalue weighted by Crippen LogP contribution is 2.25. The molecule has 3 nitrogen and oxygen atoms in total. The lowest BCUT2D eigenvalue weighted by Gasteiger charge is -2.17. The molecule has 2 aromatic carbocycles. The second-order valence-corrected chi connectivity index (χ2v) is 6.98. The molecule has 0 unspecified atom stereocenters. The summed E-state index contributed by atoms with van der Waals surface area (Å²) in [6.07, 6.45) is 3.56. The van der Waals surface area contributed by atoms with Gasteiger partial charge in [-0.1, -0.05) is 77.9 Å². The van der Waals surface area contributed by atoms with Crippen LogP contribution in [0.15, 0.2) is 79.1 Å². The van der Waals surface area contributed by atoms with E-state index in [2.05, 4.69) is 5.32 Å². The van der Waals surface area contributed by atoms with Gasteiger partial charge in [-0.3, -0.25) is 0 Å². The zero-order valence-corrected chi connectivity index (χ0v) is 16.6. The van der Waals surface area contributed by atoms with Gasteiger partial charge < -0.3 is 10.4 Å². The first kappa shape index (κ1) is 19.4. The predicted molar refractivity (Wildman–Crippen MR) is 112 cm³/mol. The summed E-state index contributed by atoms with van der Waals surface area (Å²) in [6.45, 7) is 0.519. The molecule has 3 aromatic rings. The average molecular weight is 415 g/mol. The van der Waals surface area contributed by atoms with Crippen molar-refractivity contribution in [2.24, 2.45) is 0 Å². The molecule has 0 aliphatic carbocycles. The summed E-state index contributed by atoms with van der Waals surface area (Å²) in [7, 11) is 0. The number of rotatable bonds is 5. The van der Waals surface area contributed by atoms with Gasteiger partial charge in [0.05, 0.1) is 10.0 Å². The lowest BCUT2D eigenvalue weighted by Crippen LogP contribution is -2.42. The third kappa shape index (κ3) is 4.86. The van der Waals surface area contributed by atoms with Gasteiger partial charge in [0.2, 0.25) is 5.70 Å². The molecule has 0 atom stereocenters. The van der Waals surface area contributed by atoms with E-state index in [1.165, 1.54) is 0 Å². The van der Waals surface area contributed by atoms with E-state index < -0.39 is 0 Å². The molecule has 3 rings (SSSR count). The van der Waals surface area contributed by atoms with E-state index in [0.29, 0.717) is 32.8 Å². The van der Waals surface area contributed by atoms with Crippen molar-refractivity contribution in [3.05, 3.63) is 100 Å². The van der Waals surface area contributed by atoms with Gasteiger partial charge in [-0.15, -0.1) is 0 Å². The van der Waals surface area contributed by atoms with E-state index in [1.54, 1.807) is 35.2 Å². The van der Waals surface area contributed by atoms with E-state index in [9.17, 15) is 5.11 Å². The topological polar surface area (TPSA) is 39.0 Å². The molecule has 27 heavy (non-hydrogen) atoms. The minimum absolute atomic E-state index is 0.240. The number of benzene rings is 2. The van der Waals surface area contributed by atoms with Crippen molar-refractivity contribution in [1.29, 1.82) is 0 Å². The van der Waals surface area contributed by atoms with Crippen LogP contribution in [0, 0.1) is 0 Å². The lowest BCUT2D eigenvalue weighted by molar-refractivity contribution is -0.578. The Morgan fingerprint density at radius 1 is 0.926 bits per heavy atom. The van der Waals surface area contributed by atoms with Gasteiger partial charge in [0.15, 0.2) is 17.4 Å². The fourth-order valence-corrected chi connectivity index (χ4v) is 3.09. The minimum atomic E-state index is -0.240. The van der Waals surface area contributed by atoms with Gasteiger partial charge in [0, 0.05) is 18.7 Å². The number of pyridine rings is 1. The Morgan fingerprint density at radius 2 is 1.59 bits per heavy atom. The average Bonchev–Trinajstić information content (AvgIpc) is 2.70. The molecule has 6 heteroatoms. The molecule has 1 heterocycles. The van der Waals surface area contributed by atoms with E-state index in [-0.39, 0.29) is 5.76 Å². The fraction of sp³-hybridized carbons (Fsp3) is 0.0476. The Hall–Kier alpha value is -2.40. The monoisotopic (exact) mass is 414 g/mol. The number of halogens is 2. The Morgan fingerprint density at radius 3 is 2.26 bits per heavy atom. The smallest absolute Gasteiger partial charge is 0.237 e. The zero-order chi connectivity index (χ0) is 19.2. The fourth-order valence-electron chi connectivity index (χ4n) is 2.52. The summed E-state index contributed by atoms with van der Waals surface area (Å²) >= 11 is 17.6. The van der Waals surface area contributed by atoms with E-state index >= 15 is 0 Å². The number of hydrogen-bond donors (Lipinski definition) is 1. The normalized spacial score (nSPS) is 11.6. The molecule has 136 valence electrons. The summed E-state index contributed by atoms with van der Waals surface area (Å²) in [4.78, 5) is 0.353. The first-order chi connectivity index (χ1) is 13.1. The van der Waals surface area contributed by atoms with Gasteiger partial charge in [0.25, 0.3) is 0 Å². The predicted octanol–water partition coefficient (Wildman–Crippen LogP) is 4.08. The summed E-state index contributed by atoms with van der Waals surface area (Å²) in [5, 5.41) is 17.1. The van der Waals surface area contributed by atoms with Crippen molar-refractivity contribution >= 4 is 51.9 Å². The van der Waals surface area contributed by atoms with Crippen LogP contribution in [0.2, 0.25) is 10.0 Å². The van der Waals surface area contributed by atoms with Crippen LogP contribution in [0.4, 0.5) is 0 Å². The van der Waals surface area contributed by atoms with Crippen molar-refractivity contribution in [2.45, 2.75) is 6.54 Å². The Labute approximate surface area is 173 Å². The highest BCUT2D eigenvalue weighted by atomic mass is 35.5. The van der Waals surface area contributed by atoms with Crippen LogP contribution in [0.1, 0.15) is 11.1 Å². The van der Waals surface area contributed by atoms with Crippen molar-refractivity contribution < 1.29 is 9.67 Å². The summed E-state index contributed by atoms with van der Waals surface area (Å²) in [6, 6.07) is 20.2. The maximum Gasteiger partial charge on any atom is 0.237 e. The molecule has 0 fully saturated rings. The number of aromatic nitrogens is 1. The molecule has 1 aromatic heterocycles. The maximum atomic E-state index is 13.2. The second kappa shape index (κ2) is 9.00. The second-order valence-electron chi connectivity index (χ2n) is 5.76. The van der Waals surface area contributed by atoms with Gasteiger partial charge in [-0.25, -0.2) is 0 Å². The summed E-state index contributed by atoms with van der Waals surface area (Å²) in [5.41, 5.74) is 1.83. The third-order valence-corrected chi connectivity index (χ3v) is 4.96. The number of nitrogens with zero attached hydrogens (tertiary/aromatic N) is 1. The molecule has 0 saturated carbocycles. The molecule has 0 spiro atoms. The highest BCUT2D eigenvalue weighted by Gasteiger charge is 2.18. The van der Waals surface area contributed by atoms with Gasteiger partial charge in [-0.05, 0) is 29.0 Å². The third-order valence-electron chi connectivity index (χ3n) is 3.88. The van der Waals surface area contributed by atoms with Crippen molar-refractivity contribution in [2.75, 3.05) is 0 Å². The van der Waals surface area contributed by atoms with Crippen LogP contribution in [0.3, 0.4) is 0 Å². The Balaban J connectivity index is 1.97. The van der Waals surface area contributed by atoms with Crippen LogP contribution in [0.25, 0.3) is 11.5 Å². The molecule has 0 aliphatic heterocycles. The Kier molecular flexibility index (Phi) is 6.45. The van der Waals surface area contributed by atoms with Crippen molar-refractivity contribution in [3.63, 3.8) is 0 Å². The zero-order valence-electron chi connectivity index (χ0n) is 14.2. The largest absolute Gasteiger partial charge is 0.867 e. The summed E-state index contributed by atoms with van der Waals surface area (Å²) in [5.74, 6) is -0.240.